The van der Waals surface area contributed by atoms with E-state index in [9.17, 15) is 4.79 Å². The van der Waals surface area contributed by atoms with Gasteiger partial charge in [-0.1, -0.05) is 46.3 Å². The highest BCUT2D eigenvalue weighted by Gasteiger charge is 2.09. The maximum atomic E-state index is 12.0. The van der Waals surface area contributed by atoms with Crippen LogP contribution in [0.15, 0.2) is 64.0 Å². The normalized spacial score (nSPS) is 11.9. The molecule has 0 aliphatic rings. The fraction of sp³-hybridized carbons (Fsp3) is 0.235. The Balaban J connectivity index is 1.76. The monoisotopic (exact) mass is 363 g/mol. The first kappa shape index (κ1) is 16.1. The minimum atomic E-state index is 0.0247. The number of amides is 1. The number of nitrogens with one attached hydrogen (secondary N) is 1. The molecule has 0 bridgehead atoms. The zero-order valence-electron chi connectivity index (χ0n) is 11.9. The van der Waals surface area contributed by atoms with Gasteiger partial charge in [0.15, 0.2) is 0 Å². The van der Waals surface area contributed by atoms with E-state index in [0.717, 1.165) is 15.8 Å². The van der Waals surface area contributed by atoms with Gasteiger partial charge in [0.2, 0.25) is 5.91 Å². The number of benzene rings is 2. The van der Waals surface area contributed by atoms with E-state index in [-0.39, 0.29) is 11.9 Å². The second-order valence-corrected chi connectivity index (χ2v) is 6.84. The van der Waals surface area contributed by atoms with Crippen molar-refractivity contribution < 1.29 is 4.79 Å². The summed E-state index contributed by atoms with van der Waals surface area (Å²) in [6.45, 7) is 2.00. The van der Waals surface area contributed by atoms with Crippen LogP contribution in [0.1, 0.15) is 24.9 Å². The molecule has 1 unspecified atom stereocenters. The third kappa shape index (κ3) is 5.56. The lowest BCUT2D eigenvalue weighted by molar-refractivity contribution is -0.121. The van der Waals surface area contributed by atoms with Gasteiger partial charge in [-0.25, -0.2) is 0 Å². The van der Waals surface area contributed by atoms with Crippen LogP contribution in [0.2, 0.25) is 0 Å². The summed E-state index contributed by atoms with van der Waals surface area (Å²) in [5, 5.41) is 3.04. The van der Waals surface area contributed by atoms with Crippen LogP contribution < -0.4 is 5.32 Å². The zero-order chi connectivity index (χ0) is 15.1. The van der Waals surface area contributed by atoms with E-state index in [0.29, 0.717) is 6.42 Å². The summed E-state index contributed by atoms with van der Waals surface area (Å²) in [5.74, 6) is 0.882. The van der Waals surface area contributed by atoms with E-state index in [1.54, 1.807) is 11.8 Å². The average Bonchev–Trinajstić information content (AvgIpc) is 2.48. The van der Waals surface area contributed by atoms with Crippen LogP contribution in [-0.2, 0) is 4.79 Å². The van der Waals surface area contributed by atoms with Crippen molar-refractivity contribution in [1.29, 1.82) is 0 Å². The highest BCUT2D eigenvalue weighted by Crippen LogP contribution is 2.19. The standard InChI is InChI=1S/C17H18BrNOS/c1-13(14-6-5-7-15(18)12-14)19-17(20)10-11-21-16-8-3-2-4-9-16/h2-9,12-13H,10-11H2,1H3,(H,19,20). The predicted octanol–water partition coefficient (Wildman–Crippen LogP) is 4.81. The van der Waals surface area contributed by atoms with E-state index < -0.39 is 0 Å². The summed E-state index contributed by atoms with van der Waals surface area (Å²) in [6, 6.07) is 18.2. The number of carbonyl (C=O) groups is 1. The maximum absolute atomic E-state index is 12.0. The molecule has 0 heterocycles. The van der Waals surface area contributed by atoms with Gasteiger partial charge in [0.25, 0.3) is 0 Å². The lowest BCUT2D eigenvalue weighted by Gasteiger charge is -2.14. The zero-order valence-corrected chi connectivity index (χ0v) is 14.3. The van der Waals surface area contributed by atoms with Crippen molar-refractivity contribution in [3.8, 4) is 0 Å². The molecular formula is C17H18BrNOS. The van der Waals surface area contributed by atoms with E-state index in [1.807, 2.05) is 49.4 Å². The van der Waals surface area contributed by atoms with E-state index in [1.165, 1.54) is 4.90 Å². The third-order valence-electron chi connectivity index (χ3n) is 3.07. The molecule has 0 saturated carbocycles. The first-order chi connectivity index (χ1) is 10.1. The lowest BCUT2D eigenvalue weighted by Crippen LogP contribution is -2.26. The molecule has 2 nitrogen and oxygen atoms in total. The van der Waals surface area contributed by atoms with E-state index in [4.69, 9.17) is 0 Å². The van der Waals surface area contributed by atoms with Crippen LogP contribution in [0.25, 0.3) is 0 Å². The van der Waals surface area contributed by atoms with Crippen molar-refractivity contribution >= 4 is 33.6 Å². The van der Waals surface area contributed by atoms with Gasteiger partial charge in [-0.2, -0.15) is 0 Å². The largest absolute Gasteiger partial charge is 0.350 e. The first-order valence-electron chi connectivity index (χ1n) is 6.88. The molecule has 110 valence electrons. The van der Waals surface area contributed by atoms with Crippen molar-refractivity contribution in [2.45, 2.75) is 24.3 Å². The molecule has 0 aliphatic heterocycles. The molecule has 0 saturated heterocycles. The van der Waals surface area contributed by atoms with Gasteiger partial charge in [0, 0.05) is 21.5 Å². The molecule has 0 aromatic heterocycles. The second-order valence-electron chi connectivity index (χ2n) is 4.76. The number of halogens is 1. The molecule has 1 N–H and O–H groups in total. The summed E-state index contributed by atoms with van der Waals surface area (Å²) < 4.78 is 1.03. The highest BCUT2D eigenvalue weighted by molar-refractivity contribution is 9.10. The molecule has 0 aliphatic carbocycles. The van der Waals surface area contributed by atoms with E-state index >= 15 is 0 Å². The summed E-state index contributed by atoms with van der Waals surface area (Å²) in [4.78, 5) is 13.2. The molecule has 0 fully saturated rings. The summed E-state index contributed by atoms with van der Waals surface area (Å²) in [5.41, 5.74) is 1.11. The Kier molecular flexibility index (Phi) is 6.33. The fourth-order valence-corrected chi connectivity index (χ4v) is 3.24. The van der Waals surface area contributed by atoms with Crippen molar-refractivity contribution in [2.24, 2.45) is 0 Å². The summed E-state index contributed by atoms with van der Waals surface area (Å²) in [6.07, 6.45) is 0.526. The topological polar surface area (TPSA) is 29.1 Å². The SMILES string of the molecule is CC(NC(=O)CCSc1ccccc1)c1cccc(Br)c1. The van der Waals surface area contributed by atoms with Gasteiger partial charge in [-0.15, -0.1) is 11.8 Å². The number of carbonyl (C=O) groups excluding carboxylic acids is 1. The molecule has 1 amide bonds. The van der Waals surface area contributed by atoms with Crippen molar-refractivity contribution in [3.05, 3.63) is 64.6 Å². The van der Waals surface area contributed by atoms with Crippen LogP contribution in [0.4, 0.5) is 0 Å². The predicted molar refractivity (Wildman–Crippen MR) is 92.5 cm³/mol. The van der Waals surface area contributed by atoms with Gasteiger partial charge in [-0.05, 0) is 36.8 Å². The molecule has 2 rings (SSSR count). The van der Waals surface area contributed by atoms with Gasteiger partial charge < -0.3 is 5.32 Å². The molecule has 2 aromatic carbocycles. The molecule has 1 atom stereocenters. The minimum absolute atomic E-state index is 0.0247. The van der Waals surface area contributed by atoms with Gasteiger partial charge in [0.1, 0.15) is 0 Å². The highest BCUT2D eigenvalue weighted by atomic mass is 79.9. The van der Waals surface area contributed by atoms with Crippen molar-refractivity contribution in [3.63, 3.8) is 0 Å². The molecular weight excluding hydrogens is 346 g/mol. The molecule has 2 aromatic rings. The molecule has 0 radical (unpaired) electrons. The van der Waals surface area contributed by atoms with E-state index in [2.05, 4.69) is 33.4 Å². The van der Waals surface area contributed by atoms with Crippen LogP contribution in [-0.4, -0.2) is 11.7 Å². The molecule has 0 spiro atoms. The van der Waals surface area contributed by atoms with Crippen molar-refractivity contribution in [1.82, 2.24) is 5.32 Å². The molecule has 4 heteroatoms. The van der Waals surface area contributed by atoms with Gasteiger partial charge in [-0.3, -0.25) is 4.79 Å². The van der Waals surface area contributed by atoms with Crippen LogP contribution in [0.3, 0.4) is 0 Å². The second kappa shape index (κ2) is 8.25. The quantitative estimate of drug-likeness (QED) is 0.746. The van der Waals surface area contributed by atoms with Crippen LogP contribution >= 0.6 is 27.7 Å². The number of hydrogen-bond acceptors (Lipinski definition) is 2. The Morgan fingerprint density at radius 3 is 2.67 bits per heavy atom. The Morgan fingerprint density at radius 1 is 1.19 bits per heavy atom. The maximum Gasteiger partial charge on any atom is 0.221 e. The van der Waals surface area contributed by atoms with Gasteiger partial charge in [0.05, 0.1) is 6.04 Å². The number of hydrogen-bond donors (Lipinski definition) is 1. The van der Waals surface area contributed by atoms with Crippen LogP contribution in [0, 0.1) is 0 Å². The van der Waals surface area contributed by atoms with Gasteiger partial charge >= 0.3 is 0 Å². The summed E-state index contributed by atoms with van der Waals surface area (Å²) >= 11 is 5.15. The van der Waals surface area contributed by atoms with Crippen LogP contribution in [0.5, 0.6) is 0 Å². The Morgan fingerprint density at radius 2 is 1.95 bits per heavy atom. The lowest BCUT2D eigenvalue weighted by atomic mass is 10.1. The fourth-order valence-electron chi connectivity index (χ4n) is 1.95. The Hall–Kier alpha value is -1.26. The number of thioether (sulfide) groups is 1. The summed E-state index contributed by atoms with van der Waals surface area (Å²) in [7, 11) is 0. The number of rotatable bonds is 6. The minimum Gasteiger partial charge on any atom is -0.350 e. The molecule has 21 heavy (non-hydrogen) atoms. The smallest absolute Gasteiger partial charge is 0.221 e. The van der Waals surface area contributed by atoms with Crippen molar-refractivity contribution in [2.75, 3.05) is 5.75 Å². The third-order valence-corrected chi connectivity index (χ3v) is 4.57. The average molecular weight is 364 g/mol. The first-order valence-corrected chi connectivity index (χ1v) is 8.65. The Bertz CT molecular complexity index is 588. The Labute approximate surface area is 138 Å².